The van der Waals surface area contributed by atoms with Crippen LogP contribution in [0.25, 0.3) is 0 Å². The van der Waals surface area contributed by atoms with Gasteiger partial charge in [-0.15, -0.1) is 0 Å². The standard InChI is InChI=1S/C8H14F2N2O/c1-12(2)7(13)3-6-4-11-5-8(6,9)10/h6,11H,3-5H2,1-2H3. The van der Waals surface area contributed by atoms with Gasteiger partial charge in [0.1, 0.15) is 0 Å². The van der Waals surface area contributed by atoms with Crippen LogP contribution in [0.3, 0.4) is 0 Å². The minimum Gasteiger partial charge on any atom is -0.349 e. The Morgan fingerprint density at radius 2 is 2.23 bits per heavy atom. The highest BCUT2D eigenvalue weighted by Gasteiger charge is 2.44. The van der Waals surface area contributed by atoms with Crippen LogP contribution < -0.4 is 5.32 Å². The minimum absolute atomic E-state index is 0.0764. The molecule has 1 unspecified atom stereocenters. The maximum atomic E-state index is 13.0. The number of halogens is 2. The Kier molecular flexibility index (Phi) is 2.85. The largest absolute Gasteiger partial charge is 0.349 e. The third-order valence-corrected chi connectivity index (χ3v) is 2.27. The Morgan fingerprint density at radius 3 is 2.62 bits per heavy atom. The lowest BCUT2D eigenvalue weighted by Crippen LogP contribution is -2.32. The molecule has 0 aliphatic carbocycles. The molecule has 1 fully saturated rings. The Hall–Kier alpha value is -0.710. The molecule has 0 bridgehead atoms. The highest BCUT2D eigenvalue weighted by Crippen LogP contribution is 2.30. The molecule has 5 heteroatoms. The molecule has 1 aliphatic heterocycles. The lowest BCUT2D eigenvalue weighted by atomic mass is 10.0. The SMILES string of the molecule is CN(C)C(=O)CC1CNCC1(F)F. The van der Waals surface area contributed by atoms with Gasteiger partial charge in [-0.05, 0) is 0 Å². The van der Waals surface area contributed by atoms with E-state index < -0.39 is 11.8 Å². The zero-order valence-corrected chi connectivity index (χ0v) is 7.81. The Balaban J connectivity index is 2.50. The van der Waals surface area contributed by atoms with Crippen molar-refractivity contribution in [1.82, 2.24) is 10.2 Å². The van der Waals surface area contributed by atoms with E-state index in [1.165, 1.54) is 4.90 Å². The van der Waals surface area contributed by atoms with Crippen LogP contribution >= 0.6 is 0 Å². The van der Waals surface area contributed by atoms with Crippen molar-refractivity contribution in [3.63, 3.8) is 0 Å². The monoisotopic (exact) mass is 192 g/mol. The summed E-state index contributed by atoms with van der Waals surface area (Å²) in [6, 6.07) is 0. The van der Waals surface area contributed by atoms with E-state index in [-0.39, 0.29) is 25.4 Å². The zero-order valence-electron chi connectivity index (χ0n) is 7.81. The predicted molar refractivity (Wildman–Crippen MR) is 44.6 cm³/mol. The van der Waals surface area contributed by atoms with Crippen molar-refractivity contribution in [1.29, 1.82) is 0 Å². The van der Waals surface area contributed by atoms with Gasteiger partial charge < -0.3 is 10.2 Å². The average molecular weight is 192 g/mol. The van der Waals surface area contributed by atoms with Crippen molar-refractivity contribution < 1.29 is 13.6 Å². The second-order valence-electron chi connectivity index (χ2n) is 3.58. The van der Waals surface area contributed by atoms with E-state index in [0.29, 0.717) is 0 Å². The van der Waals surface area contributed by atoms with Crippen LogP contribution in [-0.2, 0) is 4.79 Å². The minimum atomic E-state index is -2.73. The van der Waals surface area contributed by atoms with Gasteiger partial charge in [0, 0.05) is 33.0 Å². The van der Waals surface area contributed by atoms with E-state index in [4.69, 9.17) is 0 Å². The molecule has 76 valence electrons. The van der Waals surface area contributed by atoms with E-state index in [9.17, 15) is 13.6 Å². The fraction of sp³-hybridized carbons (Fsp3) is 0.875. The van der Waals surface area contributed by atoms with Crippen molar-refractivity contribution in [2.45, 2.75) is 12.3 Å². The first-order chi connectivity index (χ1) is 5.93. The second kappa shape index (κ2) is 3.57. The third kappa shape index (κ3) is 2.37. The van der Waals surface area contributed by atoms with Gasteiger partial charge in [-0.25, -0.2) is 8.78 Å². The molecule has 1 aliphatic rings. The van der Waals surface area contributed by atoms with E-state index in [2.05, 4.69) is 5.32 Å². The number of alkyl halides is 2. The Labute approximate surface area is 76.1 Å². The smallest absolute Gasteiger partial charge is 0.264 e. The Morgan fingerprint density at radius 1 is 1.62 bits per heavy atom. The van der Waals surface area contributed by atoms with E-state index >= 15 is 0 Å². The highest BCUT2D eigenvalue weighted by molar-refractivity contribution is 5.76. The van der Waals surface area contributed by atoms with Crippen LogP contribution in [0, 0.1) is 5.92 Å². The fourth-order valence-corrected chi connectivity index (χ4v) is 1.32. The average Bonchev–Trinajstić information content (AvgIpc) is 2.30. The van der Waals surface area contributed by atoms with Crippen LogP contribution in [0.5, 0.6) is 0 Å². The number of nitrogens with one attached hydrogen (secondary N) is 1. The van der Waals surface area contributed by atoms with Crippen molar-refractivity contribution in [2.75, 3.05) is 27.2 Å². The predicted octanol–water partition coefficient (Wildman–Crippen LogP) is 0.319. The van der Waals surface area contributed by atoms with Gasteiger partial charge in [-0.1, -0.05) is 0 Å². The van der Waals surface area contributed by atoms with Gasteiger partial charge in [0.2, 0.25) is 5.91 Å². The number of rotatable bonds is 2. The molecule has 1 heterocycles. The molecule has 0 spiro atoms. The van der Waals surface area contributed by atoms with Crippen molar-refractivity contribution in [2.24, 2.45) is 5.92 Å². The summed E-state index contributed by atoms with van der Waals surface area (Å²) in [5, 5.41) is 2.59. The number of amides is 1. The molecule has 1 rings (SSSR count). The molecule has 1 atom stereocenters. The summed E-state index contributed by atoms with van der Waals surface area (Å²) in [5.41, 5.74) is 0. The van der Waals surface area contributed by atoms with Gasteiger partial charge in [0.05, 0.1) is 6.54 Å². The number of hydrogen-bond donors (Lipinski definition) is 1. The molecular formula is C8H14F2N2O. The summed E-state index contributed by atoms with van der Waals surface area (Å²) in [4.78, 5) is 12.5. The summed E-state index contributed by atoms with van der Waals surface area (Å²) in [5.74, 6) is -3.82. The highest BCUT2D eigenvalue weighted by atomic mass is 19.3. The van der Waals surface area contributed by atoms with E-state index in [1.807, 2.05) is 0 Å². The van der Waals surface area contributed by atoms with Gasteiger partial charge in [0.25, 0.3) is 5.92 Å². The zero-order chi connectivity index (χ0) is 10.1. The molecular weight excluding hydrogens is 178 g/mol. The molecule has 1 amide bonds. The normalized spacial score (nSPS) is 26.0. The third-order valence-electron chi connectivity index (χ3n) is 2.27. The summed E-state index contributed by atoms with van der Waals surface area (Å²) in [7, 11) is 3.14. The molecule has 13 heavy (non-hydrogen) atoms. The molecule has 1 N–H and O–H groups in total. The summed E-state index contributed by atoms with van der Waals surface area (Å²) in [6.07, 6.45) is -0.0764. The van der Waals surface area contributed by atoms with Crippen LogP contribution in [0.15, 0.2) is 0 Å². The molecule has 0 aromatic rings. The summed E-state index contributed by atoms with van der Waals surface area (Å²) in [6.45, 7) is -0.0784. The Bertz CT molecular complexity index is 206. The molecule has 3 nitrogen and oxygen atoms in total. The van der Waals surface area contributed by atoms with Crippen molar-refractivity contribution >= 4 is 5.91 Å². The second-order valence-corrected chi connectivity index (χ2v) is 3.58. The maximum Gasteiger partial charge on any atom is 0.264 e. The lowest BCUT2D eigenvalue weighted by molar-refractivity contribution is -0.132. The number of nitrogens with zero attached hydrogens (tertiary/aromatic N) is 1. The van der Waals surface area contributed by atoms with Crippen LogP contribution in [-0.4, -0.2) is 43.9 Å². The molecule has 0 radical (unpaired) electrons. The first-order valence-electron chi connectivity index (χ1n) is 4.22. The maximum absolute atomic E-state index is 13.0. The molecule has 0 saturated carbocycles. The van der Waals surface area contributed by atoms with Gasteiger partial charge >= 0.3 is 0 Å². The number of carbonyl (C=O) groups is 1. The molecule has 0 aromatic carbocycles. The van der Waals surface area contributed by atoms with Gasteiger partial charge in [-0.2, -0.15) is 0 Å². The first kappa shape index (κ1) is 10.4. The van der Waals surface area contributed by atoms with E-state index in [0.717, 1.165) is 0 Å². The van der Waals surface area contributed by atoms with Gasteiger partial charge in [0.15, 0.2) is 0 Å². The number of hydrogen-bond acceptors (Lipinski definition) is 2. The summed E-state index contributed by atoms with van der Waals surface area (Å²) < 4.78 is 26.0. The number of carbonyl (C=O) groups excluding carboxylic acids is 1. The van der Waals surface area contributed by atoms with E-state index in [1.54, 1.807) is 14.1 Å². The van der Waals surface area contributed by atoms with Crippen LogP contribution in [0.1, 0.15) is 6.42 Å². The van der Waals surface area contributed by atoms with Crippen molar-refractivity contribution in [3.8, 4) is 0 Å². The fourth-order valence-electron chi connectivity index (χ4n) is 1.32. The first-order valence-corrected chi connectivity index (χ1v) is 4.22. The summed E-state index contributed by atoms with van der Waals surface area (Å²) >= 11 is 0. The lowest BCUT2D eigenvalue weighted by Gasteiger charge is -2.19. The van der Waals surface area contributed by atoms with Crippen molar-refractivity contribution in [3.05, 3.63) is 0 Å². The molecule has 1 saturated heterocycles. The van der Waals surface area contributed by atoms with Crippen LogP contribution in [0.4, 0.5) is 8.78 Å². The quantitative estimate of drug-likeness (QED) is 0.683. The van der Waals surface area contributed by atoms with Crippen LogP contribution in [0.2, 0.25) is 0 Å². The van der Waals surface area contributed by atoms with Gasteiger partial charge in [-0.3, -0.25) is 4.79 Å². The topological polar surface area (TPSA) is 32.3 Å². The molecule has 0 aromatic heterocycles.